The molecule has 0 bridgehead atoms. The molecule has 1 aliphatic carbocycles. The van der Waals surface area contributed by atoms with Crippen LogP contribution in [0.15, 0.2) is 57.9 Å². The molecule has 0 unspecified atom stereocenters. The van der Waals surface area contributed by atoms with Crippen LogP contribution in [0, 0.1) is 5.92 Å². The van der Waals surface area contributed by atoms with Crippen molar-refractivity contribution in [2.75, 3.05) is 24.6 Å². The minimum Gasteiger partial charge on any atom is -0.485 e. The summed E-state index contributed by atoms with van der Waals surface area (Å²) in [6, 6.07) is 14.5. The molecule has 2 heterocycles. The van der Waals surface area contributed by atoms with Crippen molar-refractivity contribution in [2.45, 2.75) is 102 Å². The second-order valence-electron chi connectivity index (χ2n) is 14.3. The van der Waals surface area contributed by atoms with E-state index in [0.29, 0.717) is 5.92 Å². The van der Waals surface area contributed by atoms with Gasteiger partial charge < -0.3 is 9.64 Å². The lowest BCUT2D eigenvalue weighted by Crippen LogP contribution is -2.45. The van der Waals surface area contributed by atoms with E-state index in [-0.39, 0.29) is 17.4 Å². The van der Waals surface area contributed by atoms with Gasteiger partial charge in [0.2, 0.25) is 0 Å². The molecule has 1 saturated carbocycles. The summed E-state index contributed by atoms with van der Waals surface area (Å²) < 4.78 is 6.35. The number of ether oxygens (including phenoxy) is 1. The van der Waals surface area contributed by atoms with Gasteiger partial charge in [-0.3, -0.25) is 9.79 Å². The number of nitrogens with zero attached hydrogens (tertiary/aromatic N) is 2. The number of rotatable bonds is 6. The Morgan fingerprint density at radius 2 is 1.70 bits per heavy atom. The number of hydrogen-bond acceptors (Lipinski definition) is 5. The van der Waals surface area contributed by atoms with Gasteiger partial charge in [0.05, 0.1) is 5.69 Å². The maximum absolute atomic E-state index is 11.4. The average molecular weight is 611 g/mol. The van der Waals surface area contributed by atoms with Gasteiger partial charge >= 0.3 is 0 Å². The first-order valence-electron chi connectivity index (χ1n) is 16.4. The number of anilines is 1. The minimum absolute atomic E-state index is 0.0293. The quantitative estimate of drug-likeness (QED) is 0.172. The molecule has 234 valence electrons. The molecule has 3 aromatic carbocycles. The molecule has 3 aromatic rings. The van der Waals surface area contributed by atoms with Crippen molar-refractivity contribution in [3.63, 3.8) is 0 Å². The third-order valence-corrected chi connectivity index (χ3v) is 10.6. The van der Waals surface area contributed by atoms with E-state index in [4.69, 9.17) is 4.74 Å². The zero-order valence-corrected chi connectivity index (χ0v) is 28.5. The zero-order valence-electron chi connectivity index (χ0n) is 27.6. The molecular formula is C39H50N2O2S. The van der Waals surface area contributed by atoms with Crippen LogP contribution in [0.5, 0.6) is 5.75 Å². The Kier molecular flexibility index (Phi) is 9.65. The third kappa shape index (κ3) is 6.22. The third-order valence-electron chi connectivity index (χ3n) is 10.2. The van der Waals surface area contributed by atoms with Gasteiger partial charge in [-0.15, -0.1) is 12.6 Å². The van der Waals surface area contributed by atoms with Gasteiger partial charge in [-0.1, -0.05) is 82.9 Å². The first-order chi connectivity index (χ1) is 21.0. The molecule has 0 amide bonds. The number of carbonyl (C=O) groups excluding carboxylic acids is 1. The topological polar surface area (TPSA) is 41.9 Å². The van der Waals surface area contributed by atoms with E-state index >= 15 is 0 Å². The highest BCUT2D eigenvalue weighted by atomic mass is 32.1. The molecule has 4 nitrogen and oxygen atoms in total. The van der Waals surface area contributed by atoms with Crippen molar-refractivity contribution < 1.29 is 9.53 Å². The van der Waals surface area contributed by atoms with Crippen LogP contribution < -0.4 is 9.64 Å². The first-order valence-corrected chi connectivity index (χ1v) is 16.8. The Morgan fingerprint density at radius 3 is 2.36 bits per heavy atom. The highest BCUT2D eigenvalue weighted by molar-refractivity contribution is 7.80. The maximum atomic E-state index is 11.4. The van der Waals surface area contributed by atoms with Crippen LogP contribution in [-0.2, 0) is 15.6 Å². The number of fused-ring (bicyclic) bond motifs is 1. The number of carbonyl (C=O) groups is 1. The van der Waals surface area contributed by atoms with E-state index in [1.807, 2.05) is 30.3 Å². The number of thiol groups is 1. The maximum Gasteiger partial charge on any atom is 0.157 e. The van der Waals surface area contributed by atoms with Gasteiger partial charge in [0.25, 0.3) is 0 Å². The number of benzene rings is 3. The predicted octanol–water partition coefficient (Wildman–Crippen LogP) is 10.3. The summed E-state index contributed by atoms with van der Waals surface area (Å²) in [5.41, 5.74) is 9.37. The number of aliphatic imine (C=N–C) groups is 1. The molecule has 1 fully saturated rings. The second-order valence-corrected chi connectivity index (χ2v) is 14.8. The van der Waals surface area contributed by atoms with Crippen molar-refractivity contribution in [1.82, 2.24) is 0 Å². The molecule has 44 heavy (non-hydrogen) atoms. The lowest BCUT2D eigenvalue weighted by molar-refractivity contribution is -0.109. The lowest BCUT2D eigenvalue weighted by atomic mass is 9.67. The van der Waals surface area contributed by atoms with Crippen LogP contribution in [0.3, 0.4) is 0 Å². The fraction of sp³-hybridized carbons (Fsp3) is 0.487. The smallest absolute Gasteiger partial charge is 0.157 e. The van der Waals surface area contributed by atoms with Crippen LogP contribution >= 0.6 is 12.6 Å². The highest BCUT2D eigenvalue weighted by Gasteiger charge is 2.43. The Morgan fingerprint density at radius 1 is 1.02 bits per heavy atom. The monoisotopic (exact) mass is 610 g/mol. The Balaban J connectivity index is 0.000000245. The Bertz CT molecular complexity index is 1570. The summed E-state index contributed by atoms with van der Waals surface area (Å²) in [7, 11) is 0. The summed E-state index contributed by atoms with van der Waals surface area (Å²) in [4.78, 5) is 18.8. The lowest BCUT2D eigenvalue weighted by Gasteiger charge is -2.49. The van der Waals surface area contributed by atoms with Crippen molar-refractivity contribution in [3.8, 4) is 5.75 Å². The number of aldehydes is 1. The van der Waals surface area contributed by atoms with Gasteiger partial charge in [0.15, 0.2) is 6.29 Å². The van der Waals surface area contributed by atoms with Gasteiger partial charge in [-0.25, -0.2) is 0 Å². The van der Waals surface area contributed by atoms with Crippen molar-refractivity contribution in [1.29, 1.82) is 0 Å². The molecule has 0 saturated heterocycles. The van der Waals surface area contributed by atoms with Crippen LogP contribution in [0.1, 0.15) is 103 Å². The molecule has 0 spiro atoms. The summed E-state index contributed by atoms with van der Waals surface area (Å²) in [6.45, 7) is 19.9. The van der Waals surface area contributed by atoms with E-state index in [9.17, 15) is 4.79 Å². The van der Waals surface area contributed by atoms with E-state index in [1.54, 1.807) is 0 Å². The summed E-state index contributed by atoms with van der Waals surface area (Å²) in [6.07, 6.45) is 9.71. The summed E-state index contributed by atoms with van der Waals surface area (Å²) in [5.74, 6) is 1.58. The van der Waals surface area contributed by atoms with Gasteiger partial charge in [0.1, 0.15) is 12.4 Å². The van der Waals surface area contributed by atoms with E-state index in [1.165, 1.54) is 77.4 Å². The van der Waals surface area contributed by atoms with E-state index in [0.717, 1.165) is 47.5 Å². The number of allylic oxidation sites excluding steroid dienone is 2. The van der Waals surface area contributed by atoms with Crippen molar-refractivity contribution >= 4 is 53.4 Å². The molecule has 5 heteroatoms. The Labute approximate surface area is 270 Å². The fourth-order valence-electron chi connectivity index (χ4n) is 7.68. The number of hydrogen-bond donors (Lipinski definition) is 1. The molecule has 0 atom stereocenters. The van der Waals surface area contributed by atoms with Gasteiger partial charge in [0, 0.05) is 34.8 Å². The van der Waals surface area contributed by atoms with Gasteiger partial charge in [-0.05, 0) is 97.0 Å². The summed E-state index contributed by atoms with van der Waals surface area (Å²) >= 11 is 4.41. The van der Waals surface area contributed by atoms with Crippen LogP contribution in [0.2, 0.25) is 0 Å². The fourth-order valence-corrected chi connectivity index (χ4v) is 8.03. The second kappa shape index (κ2) is 13.1. The minimum atomic E-state index is 0.0293. The summed E-state index contributed by atoms with van der Waals surface area (Å²) in [5, 5.41) is 2.30. The largest absolute Gasteiger partial charge is 0.485 e. The van der Waals surface area contributed by atoms with Gasteiger partial charge in [-0.2, -0.15) is 0 Å². The molecule has 0 aromatic heterocycles. The average Bonchev–Trinajstić information content (AvgIpc) is 3.00. The molecule has 0 radical (unpaired) electrons. The van der Waals surface area contributed by atoms with Crippen molar-refractivity contribution in [3.05, 3.63) is 64.7 Å². The van der Waals surface area contributed by atoms with Crippen LogP contribution in [-0.4, -0.2) is 32.7 Å². The van der Waals surface area contributed by atoms with Crippen LogP contribution in [0.4, 0.5) is 11.4 Å². The molecular weight excluding hydrogens is 561 g/mol. The predicted molar refractivity (Wildman–Crippen MR) is 191 cm³/mol. The normalized spacial score (nSPS) is 18.5. The molecule has 2 aliphatic heterocycles. The van der Waals surface area contributed by atoms with E-state index < -0.39 is 0 Å². The highest BCUT2D eigenvalue weighted by Crippen LogP contribution is 2.56. The standard InChI is InChI=1S/C28H41NO2.C11H9NS/c1-19(2)23(20-10-8-7-9-11-20)21-18-22-25-24(26(21)31-17-16-30)28(5,6)13-15-29(25)14-12-27(22,3)4;1-12-10-7-6-8-4-2-3-5-9(8)11(10)13/h16,18,20H,7-15,17H2,1-6H3;2-7,13H,1H2. The Hall–Kier alpha value is -3.05. The molecule has 3 aliphatic rings. The SMILES string of the molecule is C=Nc1ccc2ccccc2c1S.CC(C)=C(c1cc2c3c(c1OCC=O)C(C)(C)CCN3CCC2(C)C)C1CCCCC1. The van der Waals surface area contributed by atoms with E-state index in [2.05, 4.69) is 82.9 Å². The van der Waals surface area contributed by atoms with Crippen molar-refractivity contribution in [2.24, 2.45) is 10.9 Å². The van der Waals surface area contributed by atoms with Crippen LogP contribution in [0.25, 0.3) is 16.3 Å². The zero-order chi connectivity index (χ0) is 31.6. The first kappa shape index (κ1) is 32.3. The molecule has 0 N–H and O–H groups in total. The molecule has 6 rings (SSSR count).